The van der Waals surface area contributed by atoms with Crippen molar-refractivity contribution in [3.63, 3.8) is 0 Å². The first-order valence-corrected chi connectivity index (χ1v) is 11.4. The first-order valence-electron chi connectivity index (χ1n) is 7.68. The SMILES string of the molecule is CN=C(NCCCS(C)(=O)=O)NCC(C)(C)Sc1ccc(Br)cc1.I. The molecular formula is C16H27BrIN3O2S2. The topological polar surface area (TPSA) is 70.6 Å². The van der Waals surface area contributed by atoms with E-state index in [9.17, 15) is 8.42 Å². The van der Waals surface area contributed by atoms with E-state index in [-0.39, 0.29) is 34.5 Å². The van der Waals surface area contributed by atoms with Crippen molar-refractivity contribution in [3.8, 4) is 0 Å². The number of thioether (sulfide) groups is 1. The zero-order valence-electron chi connectivity index (χ0n) is 15.0. The van der Waals surface area contributed by atoms with E-state index in [1.165, 1.54) is 11.2 Å². The molecule has 0 atom stereocenters. The van der Waals surface area contributed by atoms with E-state index < -0.39 is 9.84 Å². The highest BCUT2D eigenvalue weighted by molar-refractivity contribution is 14.0. The van der Waals surface area contributed by atoms with Crippen LogP contribution >= 0.6 is 51.7 Å². The molecule has 0 fully saturated rings. The Balaban J connectivity index is 0.00000576. The van der Waals surface area contributed by atoms with E-state index in [1.54, 1.807) is 18.8 Å². The monoisotopic (exact) mass is 563 g/mol. The van der Waals surface area contributed by atoms with Crippen molar-refractivity contribution < 1.29 is 8.42 Å². The maximum absolute atomic E-state index is 11.1. The molecule has 0 spiro atoms. The van der Waals surface area contributed by atoms with Gasteiger partial charge in [-0.25, -0.2) is 8.42 Å². The molecule has 0 radical (unpaired) electrons. The molecule has 0 unspecified atom stereocenters. The van der Waals surface area contributed by atoms with Gasteiger partial charge < -0.3 is 10.6 Å². The molecule has 1 aromatic rings. The summed E-state index contributed by atoms with van der Waals surface area (Å²) in [6, 6.07) is 8.26. The van der Waals surface area contributed by atoms with Crippen LogP contribution in [0, 0.1) is 0 Å². The van der Waals surface area contributed by atoms with Gasteiger partial charge in [0.05, 0.1) is 5.75 Å². The largest absolute Gasteiger partial charge is 0.356 e. The average Bonchev–Trinajstić information content (AvgIpc) is 2.47. The third-order valence-corrected chi connectivity index (χ3v) is 5.86. The molecule has 25 heavy (non-hydrogen) atoms. The number of benzene rings is 1. The van der Waals surface area contributed by atoms with E-state index in [0.717, 1.165) is 11.0 Å². The Morgan fingerprint density at radius 2 is 1.84 bits per heavy atom. The Hall–Kier alpha value is -0.000000000000000111. The number of aliphatic imine (C=N–C) groups is 1. The summed E-state index contributed by atoms with van der Waals surface area (Å²) in [5.41, 5.74) is 0. The molecule has 144 valence electrons. The minimum atomic E-state index is -2.91. The number of hydrogen-bond donors (Lipinski definition) is 2. The first kappa shape index (κ1) is 25.0. The Kier molecular flexibility index (Phi) is 11.7. The van der Waals surface area contributed by atoms with Crippen LogP contribution in [0.15, 0.2) is 38.6 Å². The van der Waals surface area contributed by atoms with Gasteiger partial charge in [0.25, 0.3) is 0 Å². The Labute approximate surface area is 181 Å². The third-order valence-electron chi connectivity index (χ3n) is 3.10. The van der Waals surface area contributed by atoms with Crippen molar-refractivity contribution in [2.24, 2.45) is 4.99 Å². The van der Waals surface area contributed by atoms with Gasteiger partial charge in [0.2, 0.25) is 0 Å². The van der Waals surface area contributed by atoms with Gasteiger partial charge in [-0.05, 0) is 44.5 Å². The van der Waals surface area contributed by atoms with Crippen molar-refractivity contribution >= 4 is 67.5 Å². The molecule has 0 aliphatic carbocycles. The van der Waals surface area contributed by atoms with Crippen molar-refractivity contribution in [1.82, 2.24) is 10.6 Å². The maximum Gasteiger partial charge on any atom is 0.191 e. The fourth-order valence-corrected chi connectivity index (χ4v) is 3.90. The summed E-state index contributed by atoms with van der Waals surface area (Å²) in [5, 5.41) is 6.44. The van der Waals surface area contributed by atoms with Gasteiger partial charge in [-0.3, -0.25) is 4.99 Å². The highest BCUT2D eigenvalue weighted by Gasteiger charge is 2.20. The fraction of sp³-hybridized carbons (Fsp3) is 0.562. The van der Waals surface area contributed by atoms with Gasteiger partial charge >= 0.3 is 0 Å². The summed E-state index contributed by atoms with van der Waals surface area (Å²) in [7, 11) is -1.20. The van der Waals surface area contributed by atoms with Crippen molar-refractivity contribution in [2.75, 3.05) is 32.1 Å². The molecule has 0 bridgehead atoms. The predicted molar refractivity (Wildman–Crippen MR) is 123 cm³/mol. The fourth-order valence-electron chi connectivity index (χ4n) is 1.92. The molecule has 0 heterocycles. The summed E-state index contributed by atoms with van der Waals surface area (Å²) in [6.07, 6.45) is 1.82. The quantitative estimate of drug-likeness (QED) is 0.166. The van der Waals surface area contributed by atoms with Gasteiger partial charge in [0, 0.05) is 40.5 Å². The second kappa shape index (κ2) is 11.7. The second-order valence-corrected chi connectivity index (χ2v) is 11.1. The summed E-state index contributed by atoms with van der Waals surface area (Å²) < 4.78 is 23.3. The molecule has 2 N–H and O–H groups in total. The average molecular weight is 564 g/mol. The summed E-state index contributed by atoms with van der Waals surface area (Å²) in [5.74, 6) is 0.870. The molecule has 0 aliphatic rings. The minimum Gasteiger partial charge on any atom is -0.356 e. The molecule has 5 nitrogen and oxygen atoms in total. The molecule has 0 amide bonds. The summed E-state index contributed by atoms with van der Waals surface area (Å²) in [6.45, 7) is 5.65. The van der Waals surface area contributed by atoms with Crippen LogP contribution < -0.4 is 10.6 Å². The number of nitrogens with one attached hydrogen (secondary N) is 2. The minimum absolute atomic E-state index is 0. The molecule has 1 rings (SSSR count). The van der Waals surface area contributed by atoms with Gasteiger partial charge in [0.1, 0.15) is 9.84 Å². The third kappa shape index (κ3) is 12.1. The highest BCUT2D eigenvalue weighted by atomic mass is 127. The van der Waals surface area contributed by atoms with Crippen molar-refractivity contribution in [2.45, 2.75) is 29.9 Å². The molecular weight excluding hydrogens is 537 g/mol. The van der Waals surface area contributed by atoms with Gasteiger partial charge in [-0.15, -0.1) is 35.7 Å². The first-order chi connectivity index (χ1) is 11.1. The standard InChI is InChI=1S/C16H26BrN3O2S2.HI/c1-16(2,23-14-8-6-13(17)7-9-14)12-20-15(18-3)19-10-5-11-24(4,21)22;/h6-9H,5,10-12H2,1-4H3,(H2,18,19,20);1H. The van der Waals surface area contributed by atoms with Gasteiger partial charge in [0.15, 0.2) is 5.96 Å². The zero-order chi connectivity index (χ0) is 18.2. The molecule has 0 saturated heterocycles. The summed E-state index contributed by atoms with van der Waals surface area (Å²) in [4.78, 5) is 5.38. The Morgan fingerprint density at radius 3 is 2.36 bits per heavy atom. The van der Waals surface area contributed by atoms with Crippen LogP contribution in [0.25, 0.3) is 0 Å². The Bertz CT molecular complexity index is 650. The number of rotatable bonds is 8. The molecule has 0 saturated carbocycles. The van der Waals surface area contributed by atoms with Crippen LogP contribution in [0.1, 0.15) is 20.3 Å². The lowest BCUT2D eigenvalue weighted by atomic mass is 10.2. The number of halogens is 2. The molecule has 9 heteroatoms. The van der Waals surface area contributed by atoms with Crippen molar-refractivity contribution in [1.29, 1.82) is 0 Å². The van der Waals surface area contributed by atoms with Crippen LogP contribution in [-0.4, -0.2) is 51.3 Å². The van der Waals surface area contributed by atoms with Crippen LogP contribution in [0.5, 0.6) is 0 Å². The van der Waals surface area contributed by atoms with E-state index >= 15 is 0 Å². The number of sulfone groups is 1. The predicted octanol–water partition coefficient (Wildman–Crippen LogP) is 3.54. The normalized spacial score (nSPS) is 12.4. The number of guanidine groups is 1. The lowest BCUT2D eigenvalue weighted by Gasteiger charge is -2.25. The molecule has 0 aromatic heterocycles. The van der Waals surface area contributed by atoms with E-state index in [1.807, 2.05) is 12.1 Å². The van der Waals surface area contributed by atoms with E-state index in [2.05, 4.69) is 57.5 Å². The molecule has 1 aromatic carbocycles. The van der Waals surface area contributed by atoms with Crippen LogP contribution in [0.2, 0.25) is 0 Å². The van der Waals surface area contributed by atoms with Crippen molar-refractivity contribution in [3.05, 3.63) is 28.7 Å². The van der Waals surface area contributed by atoms with E-state index in [0.29, 0.717) is 18.9 Å². The lowest BCUT2D eigenvalue weighted by molar-refractivity contribution is 0.598. The van der Waals surface area contributed by atoms with Gasteiger partial charge in [-0.2, -0.15) is 0 Å². The van der Waals surface area contributed by atoms with Gasteiger partial charge in [-0.1, -0.05) is 15.9 Å². The summed E-state index contributed by atoms with van der Waals surface area (Å²) >= 11 is 5.24. The number of hydrogen-bond acceptors (Lipinski definition) is 4. The van der Waals surface area contributed by atoms with E-state index in [4.69, 9.17) is 0 Å². The lowest BCUT2D eigenvalue weighted by Crippen LogP contribution is -2.43. The van der Waals surface area contributed by atoms with Crippen LogP contribution in [-0.2, 0) is 9.84 Å². The molecule has 0 aliphatic heterocycles. The zero-order valence-corrected chi connectivity index (χ0v) is 20.6. The maximum atomic E-state index is 11.1. The van der Waals surface area contributed by atoms with Crippen LogP contribution in [0.4, 0.5) is 0 Å². The number of nitrogens with zero attached hydrogens (tertiary/aromatic N) is 1. The smallest absolute Gasteiger partial charge is 0.191 e. The highest BCUT2D eigenvalue weighted by Crippen LogP contribution is 2.32. The van der Waals surface area contributed by atoms with Crippen LogP contribution in [0.3, 0.4) is 0 Å². The Morgan fingerprint density at radius 1 is 1.24 bits per heavy atom. The second-order valence-electron chi connectivity index (χ2n) is 6.15.